The van der Waals surface area contributed by atoms with Crippen LogP contribution in [0.5, 0.6) is 11.5 Å². The number of nitrogens with zero attached hydrogens (tertiary/aromatic N) is 2. The van der Waals surface area contributed by atoms with Crippen molar-refractivity contribution in [2.24, 2.45) is 0 Å². The maximum atomic E-state index is 12.8. The van der Waals surface area contributed by atoms with Gasteiger partial charge in [0.25, 0.3) is 5.91 Å². The van der Waals surface area contributed by atoms with Gasteiger partial charge in [0, 0.05) is 29.4 Å². The molecular weight excluding hydrogens is 348 g/mol. The second kappa shape index (κ2) is 7.69. The number of pyridine rings is 1. The molecule has 0 aliphatic heterocycles. The van der Waals surface area contributed by atoms with E-state index in [0.717, 1.165) is 33.3 Å². The summed E-state index contributed by atoms with van der Waals surface area (Å²) in [7, 11) is 0. The predicted octanol–water partition coefficient (Wildman–Crippen LogP) is 5.66. The van der Waals surface area contributed by atoms with Crippen molar-refractivity contribution in [2.45, 2.75) is 13.8 Å². The second-order valence-electron chi connectivity index (χ2n) is 6.58. The van der Waals surface area contributed by atoms with E-state index in [1.165, 1.54) is 0 Å². The number of carbonyl (C=O) groups is 1. The van der Waals surface area contributed by atoms with Crippen molar-refractivity contribution >= 4 is 27.7 Å². The van der Waals surface area contributed by atoms with E-state index in [9.17, 15) is 4.79 Å². The monoisotopic (exact) mass is 370 g/mol. The van der Waals surface area contributed by atoms with Crippen LogP contribution in [0.15, 0.2) is 72.8 Å². The van der Waals surface area contributed by atoms with Crippen LogP contribution in [0.1, 0.15) is 24.2 Å². The minimum absolute atomic E-state index is 0.0207. The molecule has 4 aromatic rings. The molecule has 0 N–H and O–H groups in total. The number of para-hydroxylation sites is 2. The largest absolute Gasteiger partial charge is 0.456 e. The van der Waals surface area contributed by atoms with Crippen molar-refractivity contribution in [3.05, 3.63) is 78.4 Å². The molecule has 140 valence electrons. The van der Waals surface area contributed by atoms with Crippen molar-refractivity contribution in [3.8, 4) is 11.5 Å². The lowest BCUT2D eigenvalue weighted by molar-refractivity contribution is 0.0773. The number of amides is 1. The third-order valence-corrected chi connectivity index (χ3v) is 4.89. The number of hydrogen-bond acceptors (Lipinski definition) is 3. The van der Waals surface area contributed by atoms with Crippen molar-refractivity contribution in [1.82, 2.24) is 9.88 Å². The van der Waals surface area contributed by atoms with Crippen LogP contribution in [0, 0.1) is 0 Å². The molecule has 4 nitrogen and oxygen atoms in total. The standard InChI is InChI=1S/C24H22N2O2/c1-3-26(4-2)24(27)17-14-15-20-22(16-17)25-21-13-9-8-12-19(21)23(20)28-18-10-6-5-7-11-18/h5-16H,3-4H2,1-2H3. The normalized spacial score (nSPS) is 10.9. The van der Waals surface area contributed by atoms with Crippen LogP contribution in [0.4, 0.5) is 0 Å². The molecular formula is C24H22N2O2. The first-order chi connectivity index (χ1) is 13.7. The van der Waals surface area contributed by atoms with E-state index in [0.29, 0.717) is 18.7 Å². The molecule has 1 amide bonds. The fourth-order valence-corrected chi connectivity index (χ4v) is 3.40. The molecule has 0 bridgehead atoms. The Labute approximate surface area is 164 Å². The molecule has 0 fully saturated rings. The van der Waals surface area contributed by atoms with Gasteiger partial charge in [-0.25, -0.2) is 4.98 Å². The Morgan fingerprint density at radius 1 is 0.857 bits per heavy atom. The summed E-state index contributed by atoms with van der Waals surface area (Å²) in [5.74, 6) is 1.55. The van der Waals surface area contributed by atoms with E-state index in [1.807, 2.05) is 91.5 Å². The van der Waals surface area contributed by atoms with Crippen molar-refractivity contribution < 1.29 is 9.53 Å². The van der Waals surface area contributed by atoms with E-state index < -0.39 is 0 Å². The zero-order chi connectivity index (χ0) is 19.5. The lowest BCUT2D eigenvalue weighted by Gasteiger charge is -2.19. The van der Waals surface area contributed by atoms with E-state index >= 15 is 0 Å². The Balaban J connectivity index is 1.89. The van der Waals surface area contributed by atoms with Gasteiger partial charge in [-0.05, 0) is 56.3 Å². The second-order valence-corrected chi connectivity index (χ2v) is 6.58. The Bertz CT molecular complexity index is 1140. The van der Waals surface area contributed by atoms with Gasteiger partial charge in [0.05, 0.1) is 11.0 Å². The SMILES string of the molecule is CCN(CC)C(=O)c1ccc2c(Oc3ccccc3)c3ccccc3nc2c1. The predicted molar refractivity (Wildman–Crippen MR) is 113 cm³/mol. The summed E-state index contributed by atoms with van der Waals surface area (Å²) in [6.45, 7) is 5.34. The average molecular weight is 370 g/mol. The van der Waals surface area contributed by atoms with E-state index in [4.69, 9.17) is 9.72 Å². The molecule has 0 unspecified atom stereocenters. The fourth-order valence-electron chi connectivity index (χ4n) is 3.40. The van der Waals surface area contributed by atoms with Gasteiger partial charge in [-0.3, -0.25) is 4.79 Å². The lowest BCUT2D eigenvalue weighted by Crippen LogP contribution is -2.30. The molecule has 0 saturated carbocycles. The Morgan fingerprint density at radius 3 is 2.29 bits per heavy atom. The molecule has 0 atom stereocenters. The molecule has 4 heteroatoms. The summed E-state index contributed by atoms with van der Waals surface area (Å²) >= 11 is 0. The van der Waals surface area contributed by atoms with Gasteiger partial charge < -0.3 is 9.64 Å². The highest BCUT2D eigenvalue weighted by Crippen LogP contribution is 2.36. The minimum Gasteiger partial charge on any atom is -0.456 e. The fraction of sp³-hybridized carbons (Fsp3) is 0.167. The third kappa shape index (κ3) is 3.29. The Morgan fingerprint density at radius 2 is 1.54 bits per heavy atom. The topological polar surface area (TPSA) is 42.4 Å². The summed E-state index contributed by atoms with van der Waals surface area (Å²) in [6, 6.07) is 23.3. The average Bonchev–Trinajstić information content (AvgIpc) is 2.74. The lowest BCUT2D eigenvalue weighted by atomic mass is 10.1. The molecule has 0 aliphatic carbocycles. The first-order valence-electron chi connectivity index (χ1n) is 9.56. The number of ether oxygens (including phenoxy) is 1. The third-order valence-electron chi connectivity index (χ3n) is 4.89. The molecule has 0 saturated heterocycles. The van der Waals surface area contributed by atoms with Crippen LogP contribution in [0.3, 0.4) is 0 Å². The zero-order valence-corrected chi connectivity index (χ0v) is 16.1. The van der Waals surface area contributed by atoms with E-state index in [2.05, 4.69) is 0 Å². The van der Waals surface area contributed by atoms with Gasteiger partial charge >= 0.3 is 0 Å². The Hall–Kier alpha value is -3.40. The molecule has 0 radical (unpaired) electrons. The first-order valence-corrected chi connectivity index (χ1v) is 9.56. The number of hydrogen-bond donors (Lipinski definition) is 0. The van der Waals surface area contributed by atoms with Crippen LogP contribution in [-0.2, 0) is 0 Å². The maximum absolute atomic E-state index is 12.8. The number of aromatic nitrogens is 1. The number of fused-ring (bicyclic) bond motifs is 2. The van der Waals surface area contributed by atoms with E-state index in [1.54, 1.807) is 0 Å². The van der Waals surface area contributed by atoms with Crippen molar-refractivity contribution in [1.29, 1.82) is 0 Å². The van der Waals surface area contributed by atoms with Gasteiger partial charge in [-0.1, -0.05) is 30.3 Å². The molecule has 28 heavy (non-hydrogen) atoms. The molecule has 1 aromatic heterocycles. The quantitative estimate of drug-likeness (QED) is 0.426. The first kappa shape index (κ1) is 18.0. The summed E-state index contributed by atoms with van der Waals surface area (Å²) in [5.41, 5.74) is 2.24. The molecule has 3 aromatic carbocycles. The van der Waals surface area contributed by atoms with Crippen LogP contribution in [0.2, 0.25) is 0 Å². The maximum Gasteiger partial charge on any atom is 0.253 e. The van der Waals surface area contributed by atoms with Gasteiger partial charge in [0.1, 0.15) is 11.5 Å². The molecule has 1 heterocycles. The van der Waals surface area contributed by atoms with Crippen LogP contribution >= 0.6 is 0 Å². The summed E-state index contributed by atoms with van der Waals surface area (Å²) in [4.78, 5) is 19.3. The minimum atomic E-state index is 0.0207. The number of carbonyl (C=O) groups excluding carboxylic acids is 1. The van der Waals surface area contributed by atoms with E-state index in [-0.39, 0.29) is 5.91 Å². The van der Waals surface area contributed by atoms with Gasteiger partial charge in [0.2, 0.25) is 0 Å². The van der Waals surface area contributed by atoms with Crippen molar-refractivity contribution in [2.75, 3.05) is 13.1 Å². The van der Waals surface area contributed by atoms with Crippen LogP contribution in [-0.4, -0.2) is 28.9 Å². The van der Waals surface area contributed by atoms with Gasteiger partial charge in [0.15, 0.2) is 0 Å². The highest BCUT2D eigenvalue weighted by Gasteiger charge is 2.16. The highest BCUT2D eigenvalue weighted by atomic mass is 16.5. The summed E-state index contributed by atoms with van der Waals surface area (Å²) in [5, 5.41) is 1.83. The number of benzene rings is 3. The Kier molecular flexibility index (Phi) is 4.94. The van der Waals surface area contributed by atoms with Crippen molar-refractivity contribution in [3.63, 3.8) is 0 Å². The van der Waals surface area contributed by atoms with Crippen LogP contribution in [0.25, 0.3) is 21.8 Å². The zero-order valence-electron chi connectivity index (χ0n) is 16.1. The number of rotatable bonds is 5. The van der Waals surface area contributed by atoms with Crippen LogP contribution < -0.4 is 4.74 Å². The highest BCUT2D eigenvalue weighted by molar-refractivity contribution is 6.04. The molecule has 4 rings (SSSR count). The molecule has 0 aliphatic rings. The molecule has 0 spiro atoms. The van der Waals surface area contributed by atoms with Gasteiger partial charge in [-0.2, -0.15) is 0 Å². The van der Waals surface area contributed by atoms with Gasteiger partial charge in [-0.15, -0.1) is 0 Å². The summed E-state index contributed by atoms with van der Waals surface area (Å²) < 4.78 is 6.26. The summed E-state index contributed by atoms with van der Waals surface area (Å²) in [6.07, 6.45) is 0. The smallest absolute Gasteiger partial charge is 0.253 e.